The van der Waals surface area contributed by atoms with Crippen molar-refractivity contribution in [1.29, 1.82) is 0 Å². The number of nitrogens with zero attached hydrogens (tertiary/aromatic N) is 1. The molecule has 1 saturated heterocycles. The lowest BCUT2D eigenvalue weighted by Crippen LogP contribution is -2.55. The molecule has 11 heavy (non-hydrogen) atoms. The van der Waals surface area contributed by atoms with Gasteiger partial charge < -0.3 is 5.32 Å². The number of piperazine rings is 1. The van der Waals surface area contributed by atoms with Crippen LogP contribution in [0.3, 0.4) is 0 Å². The molecule has 1 unspecified atom stereocenters. The van der Waals surface area contributed by atoms with Gasteiger partial charge in [0.1, 0.15) is 0 Å². The molecule has 0 aromatic heterocycles. The van der Waals surface area contributed by atoms with Crippen LogP contribution in [0.5, 0.6) is 0 Å². The fourth-order valence-electron chi connectivity index (χ4n) is 1.54. The van der Waals surface area contributed by atoms with E-state index in [1.807, 2.05) is 0 Å². The Balaban J connectivity index is 2.46. The minimum atomic E-state index is 0.344. The molecule has 1 aliphatic rings. The average Bonchev–Trinajstić information content (AvgIpc) is 1.86. The molecule has 0 aliphatic carbocycles. The van der Waals surface area contributed by atoms with Crippen molar-refractivity contribution in [3.8, 4) is 0 Å². The second-order valence-electron chi connectivity index (χ2n) is 4.47. The Bertz CT molecular complexity index is 126. The van der Waals surface area contributed by atoms with Gasteiger partial charge in [0.25, 0.3) is 0 Å². The summed E-state index contributed by atoms with van der Waals surface area (Å²) in [4.78, 5) is 2.54. The summed E-state index contributed by atoms with van der Waals surface area (Å²) < 4.78 is 0. The van der Waals surface area contributed by atoms with Gasteiger partial charge in [-0.3, -0.25) is 4.90 Å². The van der Waals surface area contributed by atoms with Crippen molar-refractivity contribution in [3.05, 3.63) is 0 Å². The first-order valence-electron chi connectivity index (χ1n) is 4.48. The molecule has 2 heteroatoms. The lowest BCUT2D eigenvalue weighted by atomic mass is 10.0. The number of rotatable bonds is 0. The van der Waals surface area contributed by atoms with Crippen LogP contribution in [0.4, 0.5) is 0 Å². The Morgan fingerprint density at radius 1 is 1.36 bits per heavy atom. The van der Waals surface area contributed by atoms with E-state index in [0.717, 1.165) is 6.54 Å². The summed E-state index contributed by atoms with van der Waals surface area (Å²) in [6.07, 6.45) is 0. The summed E-state index contributed by atoms with van der Waals surface area (Å²) in [6, 6.07) is 0.656. The van der Waals surface area contributed by atoms with Crippen molar-refractivity contribution >= 4 is 0 Å². The highest BCUT2D eigenvalue weighted by atomic mass is 15.2. The van der Waals surface area contributed by atoms with E-state index in [-0.39, 0.29) is 0 Å². The Kier molecular flexibility index (Phi) is 2.55. The second kappa shape index (κ2) is 3.11. The summed E-state index contributed by atoms with van der Waals surface area (Å²) in [6.45, 7) is 12.6. The van der Waals surface area contributed by atoms with Crippen molar-refractivity contribution in [2.24, 2.45) is 0 Å². The zero-order valence-corrected chi connectivity index (χ0v) is 8.15. The minimum Gasteiger partial charge on any atom is -0.312 e. The number of hydrogen-bond donors (Lipinski definition) is 1. The highest BCUT2D eigenvalue weighted by molar-refractivity contribution is 4.83. The van der Waals surface area contributed by atoms with Gasteiger partial charge in [0.05, 0.1) is 0 Å². The van der Waals surface area contributed by atoms with E-state index in [1.54, 1.807) is 0 Å². The maximum Gasteiger partial charge on any atom is 0.0167 e. The molecule has 1 heterocycles. The van der Waals surface area contributed by atoms with Gasteiger partial charge in [-0.05, 0) is 27.7 Å². The Morgan fingerprint density at radius 2 is 2.00 bits per heavy atom. The van der Waals surface area contributed by atoms with Crippen molar-refractivity contribution in [2.45, 2.75) is 39.3 Å². The zero-order valence-electron chi connectivity index (χ0n) is 8.15. The lowest BCUT2D eigenvalue weighted by molar-refractivity contribution is 0.0998. The van der Waals surface area contributed by atoms with E-state index in [0.29, 0.717) is 11.6 Å². The maximum absolute atomic E-state index is 3.44. The normalized spacial score (nSPS) is 28.9. The van der Waals surface area contributed by atoms with Gasteiger partial charge in [0, 0.05) is 31.2 Å². The molecule has 0 aromatic carbocycles. The van der Waals surface area contributed by atoms with Crippen LogP contribution in [-0.4, -0.2) is 36.1 Å². The van der Waals surface area contributed by atoms with Crippen molar-refractivity contribution in [3.63, 3.8) is 0 Å². The molecule has 66 valence electrons. The Morgan fingerprint density at radius 3 is 2.36 bits per heavy atom. The lowest BCUT2D eigenvalue weighted by Gasteiger charge is -2.41. The molecule has 1 aliphatic heterocycles. The summed E-state index contributed by atoms with van der Waals surface area (Å²) in [5.41, 5.74) is 0.344. The van der Waals surface area contributed by atoms with Gasteiger partial charge in [0.2, 0.25) is 0 Å². The van der Waals surface area contributed by atoms with Crippen molar-refractivity contribution in [1.82, 2.24) is 10.2 Å². The molecule has 0 amide bonds. The standard InChI is InChI=1S/C9H20N2/c1-8-7-11(6-5-10-8)9(2,3)4/h8,10H,5-7H2,1-4H3. The molecule has 0 bridgehead atoms. The topological polar surface area (TPSA) is 15.3 Å². The van der Waals surface area contributed by atoms with E-state index in [1.165, 1.54) is 13.1 Å². The van der Waals surface area contributed by atoms with Crippen LogP contribution in [0, 0.1) is 0 Å². The van der Waals surface area contributed by atoms with Crippen molar-refractivity contribution in [2.75, 3.05) is 19.6 Å². The van der Waals surface area contributed by atoms with Gasteiger partial charge >= 0.3 is 0 Å². The van der Waals surface area contributed by atoms with E-state index in [4.69, 9.17) is 0 Å². The SMILES string of the molecule is CC1CN(C(C)(C)C)CCN1. The summed E-state index contributed by atoms with van der Waals surface area (Å²) >= 11 is 0. The predicted molar refractivity (Wildman–Crippen MR) is 48.8 cm³/mol. The molecule has 0 aromatic rings. The zero-order chi connectivity index (χ0) is 8.48. The fraction of sp³-hybridized carbons (Fsp3) is 1.00. The highest BCUT2D eigenvalue weighted by Crippen LogP contribution is 2.14. The first-order valence-corrected chi connectivity index (χ1v) is 4.48. The molecule has 0 spiro atoms. The molecule has 0 saturated carbocycles. The van der Waals surface area contributed by atoms with Crippen LogP contribution in [0.15, 0.2) is 0 Å². The molecular weight excluding hydrogens is 136 g/mol. The van der Waals surface area contributed by atoms with Crippen LogP contribution in [-0.2, 0) is 0 Å². The van der Waals surface area contributed by atoms with Crippen molar-refractivity contribution < 1.29 is 0 Å². The van der Waals surface area contributed by atoms with Crippen LogP contribution in [0.2, 0.25) is 0 Å². The molecule has 1 rings (SSSR count). The first kappa shape index (κ1) is 9.01. The Hall–Kier alpha value is -0.0800. The summed E-state index contributed by atoms with van der Waals surface area (Å²) in [5, 5.41) is 3.44. The van der Waals surface area contributed by atoms with E-state index >= 15 is 0 Å². The summed E-state index contributed by atoms with van der Waals surface area (Å²) in [7, 11) is 0. The highest BCUT2D eigenvalue weighted by Gasteiger charge is 2.25. The molecule has 2 nitrogen and oxygen atoms in total. The molecule has 0 radical (unpaired) electrons. The second-order valence-corrected chi connectivity index (χ2v) is 4.47. The first-order chi connectivity index (χ1) is 5.00. The largest absolute Gasteiger partial charge is 0.312 e. The third-order valence-corrected chi connectivity index (χ3v) is 2.32. The van der Waals surface area contributed by atoms with E-state index < -0.39 is 0 Å². The summed E-state index contributed by atoms with van der Waals surface area (Å²) in [5.74, 6) is 0. The Labute approximate surface area is 70.0 Å². The quantitative estimate of drug-likeness (QED) is 0.564. The minimum absolute atomic E-state index is 0.344. The van der Waals surface area contributed by atoms with Crippen LogP contribution in [0.1, 0.15) is 27.7 Å². The van der Waals surface area contributed by atoms with Crippen LogP contribution in [0.25, 0.3) is 0 Å². The molecule has 1 atom stereocenters. The fourth-order valence-corrected chi connectivity index (χ4v) is 1.54. The van der Waals surface area contributed by atoms with Gasteiger partial charge in [-0.25, -0.2) is 0 Å². The van der Waals surface area contributed by atoms with Crippen LogP contribution < -0.4 is 5.32 Å². The van der Waals surface area contributed by atoms with Crippen LogP contribution >= 0.6 is 0 Å². The monoisotopic (exact) mass is 156 g/mol. The predicted octanol–water partition coefficient (Wildman–Crippen LogP) is 1.08. The number of nitrogens with one attached hydrogen (secondary N) is 1. The van der Waals surface area contributed by atoms with Gasteiger partial charge in [0.15, 0.2) is 0 Å². The average molecular weight is 156 g/mol. The van der Waals surface area contributed by atoms with E-state index in [2.05, 4.69) is 37.9 Å². The smallest absolute Gasteiger partial charge is 0.0167 e. The molecule has 1 fully saturated rings. The van der Waals surface area contributed by atoms with E-state index in [9.17, 15) is 0 Å². The number of hydrogen-bond acceptors (Lipinski definition) is 2. The molecule has 1 N–H and O–H groups in total. The third kappa shape index (κ3) is 2.46. The molecular formula is C9H20N2. The third-order valence-electron chi connectivity index (χ3n) is 2.32. The van der Waals surface area contributed by atoms with Gasteiger partial charge in [-0.2, -0.15) is 0 Å². The van der Waals surface area contributed by atoms with Gasteiger partial charge in [-0.15, -0.1) is 0 Å². The maximum atomic E-state index is 3.44. The van der Waals surface area contributed by atoms with Gasteiger partial charge in [-0.1, -0.05) is 0 Å².